The molecular formula is C30H35N3O4S. The van der Waals surface area contributed by atoms with E-state index < -0.39 is 10.0 Å². The summed E-state index contributed by atoms with van der Waals surface area (Å²) in [7, 11) is -3.52. The molecule has 1 aliphatic rings. The number of sulfonamides is 1. The number of carbonyl (C=O) groups is 2. The van der Waals surface area contributed by atoms with E-state index in [9.17, 15) is 18.0 Å². The number of benzene rings is 3. The van der Waals surface area contributed by atoms with Gasteiger partial charge in [-0.25, -0.2) is 8.42 Å². The van der Waals surface area contributed by atoms with Crippen molar-refractivity contribution in [1.82, 2.24) is 4.90 Å². The van der Waals surface area contributed by atoms with Crippen molar-refractivity contribution < 1.29 is 18.0 Å². The number of carbonyl (C=O) groups excluding carboxylic acids is 2. The van der Waals surface area contributed by atoms with Gasteiger partial charge in [0.05, 0.1) is 29.7 Å². The molecule has 7 nitrogen and oxygen atoms in total. The fourth-order valence-electron chi connectivity index (χ4n) is 4.63. The third-order valence-electron chi connectivity index (χ3n) is 7.02. The van der Waals surface area contributed by atoms with E-state index in [1.54, 1.807) is 54.6 Å². The molecule has 3 aromatic rings. The third kappa shape index (κ3) is 6.61. The van der Waals surface area contributed by atoms with E-state index in [1.165, 1.54) is 10.6 Å². The Morgan fingerprint density at radius 2 is 1.53 bits per heavy atom. The van der Waals surface area contributed by atoms with E-state index in [1.807, 2.05) is 30.9 Å². The average molecular weight is 534 g/mol. The SMILES string of the molecule is Cc1ccc(N(Cc2ccc(C(=O)Nc3ccccc3C(=O)N3CCCCCC3)cc2)S(C)(=O)=O)cc1C. The molecule has 0 radical (unpaired) electrons. The molecule has 1 N–H and O–H groups in total. The Morgan fingerprint density at radius 1 is 0.868 bits per heavy atom. The van der Waals surface area contributed by atoms with Crippen LogP contribution in [0.5, 0.6) is 0 Å². The fraction of sp³-hybridized carbons (Fsp3) is 0.333. The molecule has 4 rings (SSSR count). The minimum Gasteiger partial charge on any atom is -0.339 e. The number of hydrogen-bond acceptors (Lipinski definition) is 4. The zero-order valence-corrected chi connectivity index (χ0v) is 23.1. The van der Waals surface area contributed by atoms with Gasteiger partial charge in [0.25, 0.3) is 11.8 Å². The molecule has 1 heterocycles. The highest BCUT2D eigenvalue weighted by Gasteiger charge is 2.22. The largest absolute Gasteiger partial charge is 0.339 e. The number of para-hydroxylation sites is 1. The molecule has 200 valence electrons. The van der Waals surface area contributed by atoms with Gasteiger partial charge >= 0.3 is 0 Å². The van der Waals surface area contributed by atoms with Gasteiger partial charge in [0.15, 0.2) is 0 Å². The molecule has 38 heavy (non-hydrogen) atoms. The summed E-state index contributed by atoms with van der Waals surface area (Å²) < 4.78 is 26.5. The van der Waals surface area contributed by atoms with Crippen molar-refractivity contribution in [2.75, 3.05) is 29.0 Å². The highest BCUT2D eigenvalue weighted by atomic mass is 32.2. The molecule has 0 atom stereocenters. The van der Waals surface area contributed by atoms with Crippen LogP contribution in [0.15, 0.2) is 66.7 Å². The van der Waals surface area contributed by atoms with Crippen molar-refractivity contribution in [2.45, 2.75) is 46.1 Å². The van der Waals surface area contributed by atoms with Gasteiger partial charge in [-0.15, -0.1) is 0 Å². The summed E-state index contributed by atoms with van der Waals surface area (Å²) in [5.41, 5.74) is 4.84. The topological polar surface area (TPSA) is 86.8 Å². The molecule has 0 bridgehead atoms. The van der Waals surface area contributed by atoms with Gasteiger partial charge in [-0.1, -0.05) is 43.2 Å². The number of anilines is 2. The van der Waals surface area contributed by atoms with Crippen molar-refractivity contribution in [1.29, 1.82) is 0 Å². The third-order valence-corrected chi connectivity index (χ3v) is 8.16. The molecule has 3 aromatic carbocycles. The Balaban J connectivity index is 1.49. The fourth-order valence-corrected chi connectivity index (χ4v) is 5.51. The molecule has 2 amide bonds. The van der Waals surface area contributed by atoms with Gasteiger partial charge in [0, 0.05) is 18.7 Å². The van der Waals surface area contributed by atoms with Crippen molar-refractivity contribution in [3.05, 3.63) is 94.5 Å². The van der Waals surface area contributed by atoms with Gasteiger partial charge < -0.3 is 10.2 Å². The van der Waals surface area contributed by atoms with Gasteiger partial charge in [-0.2, -0.15) is 0 Å². The monoisotopic (exact) mass is 533 g/mol. The molecule has 1 fully saturated rings. The number of nitrogens with one attached hydrogen (secondary N) is 1. The van der Waals surface area contributed by atoms with Crippen LogP contribution in [0.3, 0.4) is 0 Å². The van der Waals surface area contributed by atoms with Crippen molar-refractivity contribution in [3.8, 4) is 0 Å². The average Bonchev–Trinajstić information content (AvgIpc) is 3.18. The Kier molecular flexibility index (Phi) is 8.52. The molecule has 8 heteroatoms. The predicted octanol–water partition coefficient (Wildman–Crippen LogP) is 5.54. The summed E-state index contributed by atoms with van der Waals surface area (Å²) >= 11 is 0. The van der Waals surface area contributed by atoms with Crippen LogP contribution in [0, 0.1) is 13.8 Å². The van der Waals surface area contributed by atoms with Crippen LogP contribution >= 0.6 is 0 Å². The maximum Gasteiger partial charge on any atom is 0.255 e. The van der Waals surface area contributed by atoms with Crippen molar-refractivity contribution >= 4 is 33.2 Å². The number of amides is 2. The lowest BCUT2D eigenvalue weighted by Crippen LogP contribution is -2.32. The second-order valence-corrected chi connectivity index (χ2v) is 11.8. The summed E-state index contributed by atoms with van der Waals surface area (Å²) in [6, 6.07) is 19.5. The highest BCUT2D eigenvalue weighted by Crippen LogP contribution is 2.24. The molecule has 0 aromatic heterocycles. The minimum absolute atomic E-state index is 0.0645. The lowest BCUT2D eigenvalue weighted by Gasteiger charge is -2.23. The summed E-state index contributed by atoms with van der Waals surface area (Å²) in [6.07, 6.45) is 5.43. The molecule has 0 saturated carbocycles. The molecule has 0 unspecified atom stereocenters. The predicted molar refractivity (Wildman–Crippen MR) is 152 cm³/mol. The highest BCUT2D eigenvalue weighted by molar-refractivity contribution is 7.92. The number of likely N-dealkylation sites (tertiary alicyclic amines) is 1. The number of rotatable bonds is 7. The zero-order valence-electron chi connectivity index (χ0n) is 22.2. The van der Waals surface area contributed by atoms with Crippen LogP contribution in [0.25, 0.3) is 0 Å². The van der Waals surface area contributed by atoms with E-state index >= 15 is 0 Å². The molecular weight excluding hydrogens is 498 g/mol. The van der Waals surface area contributed by atoms with Crippen LogP contribution in [0.4, 0.5) is 11.4 Å². The summed E-state index contributed by atoms with van der Waals surface area (Å²) in [4.78, 5) is 28.1. The quantitative estimate of drug-likeness (QED) is 0.432. The molecule has 1 saturated heterocycles. The van der Waals surface area contributed by atoms with Crippen LogP contribution in [-0.4, -0.2) is 44.5 Å². The first-order chi connectivity index (χ1) is 18.1. The summed E-state index contributed by atoms with van der Waals surface area (Å²) in [6.45, 7) is 5.55. The van der Waals surface area contributed by atoms with E-state index in [0.29, 0.717) is 22.5 Å². The van der Waals surface area contributed by atoms with Crippen LogP contribution in [0.2, 0.25) is 0 Å². The Morgan fingerprint density at radius 3 is 2.16 bits per heavy atom. The van der Waals surface area contributed by atoms with Gasteiger partial charge in [-0.05, 0) is 79.8 Å². The summed E-state index contributed by atoms with van der Waals surface area (Å²) in [5, 5.41) is 2.89. The van der Waals surface area contributed by atoms with E-state index in [0.717, 1.165) is 55.5 Å². The number of hydrogen-bond donors (Lipinski definition) is 1. The lowest BCUT2D eigenvalue weighted by atomic mass is 10.1. The lowest BCUT2D eigenvalue weighted by molar-refractivity contribution is 0.0762. The normalized spacial score (nSPS) is 14.0. The van der Waals surface area contributed by atoms with Crippen LogP contribution in [0.1, 0.15) is 63.1 Å². The van der Waals surface area contributed by atoms with Crippen LogP contribution in [-0.2, 0) is 16.6 Å². The maximum absolute atomic E-state index is 13.2. The second-order valence-electron chi connectivity index (χ2n) is 9.94. The van der Waals surface area contributed by atoms with E-state index in [4.69, 9.17) is 0 Å². The van der Waals surface area contributed by atoms with Crippen molar-refractivity contribution in [2.24, 2.45) is 0 Å². The first-order valence-corrected chi connectivity index (χ1v) is 14.8. The Labute approximate surface area is 225 Å². The number of aryl methyl sites for hydroxylation is 2. The standard InChI is InChI=1S/C30H35N3O4S/c1-22-12-17-26(20-23(22)2)33(38(3,36)37)21-24-13-15-25(16-14-24)29(34)31-28-11-7-6-10-27(28)30(35)32-18-8-4-5-9-19-32/h6-7,10-17,20H,4-5,8-9,18-19,21H2,1-3H3,(H,31,34). The van der Waals surface area contributed by atoms with E-state index in [-0.39, 0.29) is 18.4 Å². The number of nitrogens with zero attached hydrogens (tertiary/aromatic N) is 2. The van der Waals surface area contributed by atoms with Crippen molar-refractivity contribution in [3.63, 3.8) is 0 Å². The molecule has 0 spiro atoms. The second kappa shape index (κ2) is 11.8. The summed E-state index contributed by atoms with van der Waals surface area (Å²) in [5.74, 6) is -0.396. The maximum atomic E-state index is 13.2. The van der Waals surface area contributed by atoms with Gasteiger partial charge in [0.1, 0.15) is 0 Å². The smallest absolute Gasteiger partial charge is 0.255 e. The Hall–Kier alpha value is -3.65. The zero-order chi connectivity index (χ0) is 27.3. The molecule has 0 aliphatic carbocycles. The van der Waals surface area contributed by atoms with Gasteiger partial charge in [0.2, 0.25) is 10.0 Å². The van der Waals surface area contributed by atoms with Gasteiger partial charge in [-0.3, -0.25) is 13.9 Å². The Bertz CT molecular complexity index is 1410. The first-order valence-electron chi connectivity index (χ1n) is 13.0. The van der Waals surface area contributed by atoms with E-state index in [2.05, 4.69) is 5.32 Å². The first kappa shape index (κ1) is 27.4. The minimum atomic E-state index is -3.52. The van der Waals surface area contributed by atoms with Crippen LogP contribution < -0.4 is 9.62 Å². The molecule has 1 aliphatic heterocycles.